The number of ether oxygens (including phenoxy) is 1. The van der Waals surface area contributed by atoms with Crippen LogP contribution < -0.4 is 4.90 Å². The Morgan fingerprint density at radius 1 is 1.00 bits per heavy atom. The maximum atomic E-state index is 6.05. The number of rotatable bonds is 9. The van der Waals surface area contributed by atoms with Gasteiger partial charge < -0.3 is 9.64 Å². The van der Waals surface area contributed by atoms with Gasteiger partial charge in [-0.05, 0) is 43.5 Å². The van der Waals surface area contributed by atoms with Crippen molar-refractivity contribution in [3.05, 3.63) is 65.2 Å². The van der Waals surface area contributed by atoms with Gasteiger partial charge >= 0.3 is 0 Å². The van der Waals surface area contributed by atoms with Gasteiger partial charge in [-0.3, -0.25) is 0 Å². The summed E-state index contributed by atoms with van der Waals surface area (Å²) in [7, 11) is 0. The fourth-order valence-corrected chi connectivity index (χ4v) is 2.63. The molecule has 0 aliphatic rings. The lowest BCUT2D eigenvalue weighted by Gasteiger charge is -2.23. The summed E-state index contributed by atoms with van der Waals surface area (Å²) in [5.74, 6) is 0. The molecular formula is C19H24ClNO. The average molecular weight is 318 g/mol. The molecule has 0 radical (unpaired) electrons. The van der Waals surface area contributed by atoms with E-state index in [4.69, 9.17) is 16.3 Å². The van der Waals surface area contributed by atoms with Gasteiger partial charge in [-0.25, -0.2) is 0 Å². The molecule has 3 heteroatoms. The molecule has 0 heterocycles. The number of halogens is 1. The molecule has 0 unspecified atom stereocenters. The summed E-state index contributed by atoms with van der Waals surface area (Å²) in [4.78, 5) is 2.28. The predicted molar refractivity (Wildman–Crippen MR) is 94.9 cm³/mol. The molecule has 0 saturated carbocycles. The Balaban J connectivity index is 1.65. The highest BCUT2D eigenvalue weighted by Crippen LogP contribution is 2.19. The molecule has 2 aromatic carbocycles. The minimum absolute atomic E-state index is 0.745. The second kappa shape index (κ2) is 9.50. The molecule has 2 nitrogen and oxygen atoms in total. The van der Waals surface area contributed by atoms with Crippen LogP contribution in [0.3, 0.4) is 0 Å². The van der Waals surface area contributed by atoms with Crippen LogP contribution in [0.4, 0.5) is 5.69 Å². The molecule has 0 fully saturated rings. The first-order valence-corrected chi connectivity index (χ1v) is 8.29. The number of likely N-dealkylation sites (N-methyl/N-ethyl adjacent to an activating group) is 1. The molecule has 0 bridgehead atoms. The van der Waals surface area contributed by atoms with E-state index in [0.29, 0.717) is 0 Å². The molecule has 2 aromatic rings. The van der Waals surface area contributed by atoms with Crippen molar-refractivity contribution in [2.75, 3.05) is 31.2 Å². The van der Waals surface area contributed by atoms with Crippen molar-refractivity contribution < 1.29 is 4.74 Å². The average Bonchev–Trinajstić information content (AvgIpc) is 2.55. The Labute approximate surface area is 138 Å². The third-order valence-corrected chi connectivity index (χ3v) is 3.89. The lowest BCUT2D eigenvalue weighted by molar-refractivity contribution is 0.138. The fraction of sp³-hybridized carbons (Fsp3) is 0.368. The van der Waals surface area contributed by atoms with Gasteiger partial charge in [0, 0.05) is 30.4 Å². The van der Waals surface area contributed by atoms with Crippen molar-refractivity contribution in [1.82, 2.24) is 0 Å². The SMILES string of the molecule is CCN(CCOCCCc1ccccc1)c1cccc(Cl)c1. The number of hydrogen-bond donors (Lipinski definition) is 0. The number of nitrogens with zero attached hydrogens (tertiary/aromatic N) is 1. The monoisotopic (exact) mass is 317 g/mol. The van der Waals surface area contributed by atoms with Gasteiger partial charge in [-0.1, -0.05) is 48.0 Å². The van der Waals surface area contributed by atoms with Crippen LogP contribution >= 0.6 is 11.6 Å². The fourth-order valence-electron chi connectivity index (χ4n) is 2.44. The van der Waals surface area contributed by atoms with Gasteiger partial charge in [0.15, 0.2) is 0 Å². The lowest BCUT2D eigenvalue weighted by Crippen LogP contribution is -2.27. The molecule has 0 amide bonds. The number of benzene rings is 2. The summed E-state index contributed by atoms with van der Waals surface area (Å²) in [5.41, 5.74) is 2.53. The van der Waals surface area contributed by atoms with Gasteiger partial charge in [-0.2, -0.15) is 0 Å². The van der Waals surface area contributed by atoms with Crippen molar-refractivity contribution in [2.45, 2.75) is 19.8 Å². The van der Waals surface area contributed by atoms with Crippen LogP contribution in [0.5, 0.6) is 0 Å². The third kappa shape index (κ3) is 5.70. The molecule has 0 aliphatic carbocycles. The Hall–Kier alpha value is -1.51. The summed E-state index contributed by atoms with van der Waals surface area (Å²) in [6, 6.07) is 18.5. The Kier molecular flexibility index (Phi) is 7.27. The Morgan fingerprint density at radius 2 is 1.82 bits per heavy atom. The molecule has 0 saturated heterocycles. The third-order valence-electron chi connectivity index (χ3n) is 3.66. The first kappa shape index (κ1) is 16.9. The van der Waals surface area contributed by atoms with Crippen molar-refractivity contribution in [1.29, 1.82) is 0 Å². The smallest absolute Gasteiger partial charge is 0.0641 e. The van der Waals surface area contributed by atoms with Crippen LogP contribution in [-0.2, 0) is 11.2 Å². The summed E-state index contributed by atoms with van der Waals surface area (Å²) in [6.07, 6.45) is 2.14. The molecule has 0 aliphatic heterocycles. The number of aryl methyl sites for hydroxylation is 1. The van der Waals surface area contributed by atoms with E-state index in [-0.39, 0.29) is 0 Å². The zero-order valence-corrected chi connectivity index (χ0v) is 13.9. The molecule has 22 heavy (non-hydrogen) atoms. The highest BCUT2D eigenvalue weighted by Gasteiger charge is 2.04. The summed E-state index contributed by atoms with van der Waals surface area (Å²) < 4.78 is 5.76. The molecule has 0 N–H and O–H groups in total. The topological polar surface area (TPSA) is 12.5 Å². The molecule has 0 spiro atoms. The first-order valence-electron chi connectivity index (χ1n) is 7.92. The van der Waals surface area contributed by atoms with E-state index in [1.807, 2.05) is 18.2 Å². The van der Waals surface area contributed by atoms with Crippen LogP contribution in [0.25, 0.3) is 0 Å². The minimum atomic E-state index is 0.745. The van der Waals surface area contributed by atoms with Crippen molar-refractivity contribution in [3.63, 3.8) is 0 Å². The standard InChI is InChI=1S/C19H24ClNO/c1-2-21(19-12-6-11-18(20)16-19)13-15-22-14-7-10-17-8-4-3-5-9-17/h3-6,8-9,11-12,16H,2,7,10,13-15H2,1H3. The zero-order valence-electron chi connectivity index (χ0n) is 13.2. The second-order valence-electron chi connectivity index (χ2n) is 5.26. The molecule has 118 valence electrons. The van der Waals surface area contributed by atoms with Crippen LogP contribution in [0.2, 0.25) is 5.02 Å². The summed E-state index contributed by atoms with van der Waals surface area (Å²) in [5, 5.41) is 0.778. The van der Waals surface area contributed by atoms with E-state index in [0.717, 1.165) is 49.9 Å². The number of anilines is 1. The largest absolute Gasteiger partial charge is 0.380 e. The first-order chi connectivity index (χ1) is 10.8. The van der Waals surface area contributed by atoms with Crippen LogP contribution in [0, 0.1) is 0 Å². The second-order valence-corrected chi connectivity index (χ2v) is 5.70. The minimum Gasteiger partial charge on any atom is -0.380 e. The highest BCUT2D eigenvalue weighted by atomic mass is 35.5. The molecule has 0 atom stereocenters. The van der Waals surface area contributed by atoms with Crippen LogP contribution in [0.1, 0.15) is 18.9 Å². The van der Waals surface area contributed by atoms with E-state index >= 15 is 0 Å². The van der Waals surface area contributed by atoms with Gasteiger partial charge in [0.1, 0.15) is 0 Å². The maximum Gasteiger partial charge on any atom is 0.0641 e. The predicted octanol–water partition coefficient (Wildman–Crippen LogP) is 4.82. The van der Waals surface area contributed by atoms with Gasteiger partial charge in [-0.15, -0.1) is 0 Å². The highest BCUT2D eigenvalue weighted by molar-refractivity contribution is 6.30. The van der Waals surface area contributed by atoms with Gasteiger partial charge in [0.25, 0.3) is 0 Å². The zero-order chi connectivity index (χ0) is 15.6. The summed E-state index contributed by atoms with van der Waals surface area (Å²) in [6.45, 7) is 5.54. The van der Waals surface area contributed by atoms with E-state index < -0.39 is 0 Å². The van der Waals surface area contributed by atoms with E-state index in [1.165, 1.54) is 5.56 Å². The lowest BCUT2D eigenvalue weighted by atomic mass is 10.1. The molecular weight excluding hydrogens is 294 g/mol. The van der Waals surface area contributed by atoms with E-state index in [2.05, 4.69) is 48.2 Å². The van der Waals surface area contributed by atoms with Gasteiger partial charge in [0.05, 0.1) is 6.61 Å². The summed E-state index contributed by atoms with van der Waals surface area (Å²) >= 11 is 6.05. The maximum absolute atomic E-state index is 6.05. The van der Waals surface area contributed by atoms with Crippen molar-refractivity contribution >= 4 is 17.3 Å². The van der Waals surface area contributed by atoms with Gasteiger partial charge in [0.2, 0.25) is 0 Å². The quantitative estimate of drug-likeness (QED) is 0.615. The Morgan fingerprint density at radius 3 is 2.55 bits per heavy atom. The van der Waals surface area contributed by atoms with Crippen molar-refractivity contribution in [2.24, 2.45) is 0 Å². The van der Waals surface area contributed by atoms with E-state index in [9.17, 15) is 0 Å². The molecule has 0 aromatic heterocycles. The van der Waals surface area contributed by atoms with Crippen molar-refractivity contribution in [3.8, 4) is 0 Å². The van der Waals surface area contributed by atoms with Crippen LogP contribution in [0.15, 0.2) is 54.6 Å². The van der Waals surface area contributed by atoms with Crippen LogP contribution in [-0.4, -0.2) is 26.3 Å². The Bertz CT molecular complexity index is 544. The number of hydrogen-bond acceptors (Lipinski definition) is 2. The molecule has 2 rings (SSSR count). The van der Waals surface area contributed by atoms with E-state index in [1.54, 1.807) is 0 Å². The normalized spacial score (nSPS) is 10.6.